The fourth-order valence-electron chi connectivity index (χ4n) is 1.61. The van der Waals surface area contributed by atoms with Crippen LogP contribution in [0.1, 0.15) is 10.4 Å². The van der Waals surface area contributed by atoms with Crippen molar-refractivity contribution in [1.82, 2.24) is 5.32 Å². The highest BCUT2D eigenvalue weighted by molar-refractivity contribution is 7.09. The fraction of sp³-hybridized carbons (Fsp3) is 0.231. The van der Waals surface area contributed by atoms with Gasteiger partial charge in [-0.1, -0.05) is 23.7 Å². The molecule has 4 heteroatoms. The van der Waals surface area contributed by atoms with E-state index in [1.165, 1.54) is 10.9 Å². The Balaban J connectivity index is 1.82. The minimum Gasteiger partial charge on any atom is -0.312 e. The summed E-state index contributed by atoms with van der Waals surface area (Å²) in [5.74, 6) is -0.226. The summed E-state index contributed by atoms with van der Waals surface area (Å²) in [5.41, 5.74) is 0.591. The van der Waals surface area contributed by atoms with Crippen molar-refractivity contribution in [3.63, 3.8) is 0 Å². The monoisotopic (exact) mass is 269 g/mol. The highest BCUT2D eigenvalue weighted by Gasteiger charge is 2.05. The Morgan fingerprint density at radius 3 is 2.82 bits per heavy atom. The summed E-state index contributed by atoms with van der Waals surface area (Å²) in [4.78, 5) is 1.28. The maximum Gasteiger partial charge on any atom is 0.127 e. The summed E-state index contributed by atoms with van der Waals surface area (Å²) >= 11 is 7.66. The zero-order valence-electron chi connectivity index (χ0n) is 9.25. The van der Waals surface area contributed by atoms with Gasteiger partial charge in [0.25, 0.3) is 0 Å². The van der Waals surface area contributed by atoms with Gasteiger partial charge in [0.1, 0.15) is 5.82 Å². The van der Waals surface area contributed by atoms with Crippen LogP contribution in [0.25, 0.3) is 0 Å². The van der Waals surface area contributed by atoms with Gasteiger partial charge in [-0.3, -0.25) is 0 Å². The Kier molecular flexibility index (Phi) is 4.54. The van der Waals surface area contributed by atoms with Gasteiger partial charge < -0.3 is 5.32 Å². The minimum atomic E-state index is -0.226. The average Bonchev–Trinajstić information content (AvgIpc) is 2.80. The summed E-state index contributed by atoms with van der Waals surface area (Å²) in [6.07, 6.45) is 0.608. The largest absolute Gasteiger partial charge is 0.312 e. The first-order chi connectivity index (χ1) is 8.27. The standard InChI is InChI=1S/C13H13ClFNS/c14-12-4-1-5-13(15)11(12)6-7-16-9-10-3-2-8-17-10/h1-5,8,16H,6-7,9H2. The molecule has 2 aromatic rings. The van der Waals surface area contributed by atoms with E-state index < -0.39 is 0 Å². The molecule has 0 saturated heterocycles. The molecular formula is C13H13ClFNS. The van der Waals surface area contributed by atoms with Gasteiger partial charge in [-0.25, -0.2) is 4.39 Å². The van der Waals surface area contributed by atoms with E-state index in [-0.39, 0.29) is 5.82 Å². The van der Waals surface area contributed by atoms with Crippen molar-refractivity contribution in [3.8, 4) is 0 Å². The lowest BCUT2D eigenvalue weighted by Crippen LogP contribution is -2.16. The highest BCUT2D eigenvalue weighted by Crippen LogP contribution is 2.19. The maximum absolute atomic E-state index is 13.4. The molecule has 0 amide bonds. The van der Waals surface area contributed by atoms with E-state index in [1.807, 2.05) is 11.4 Å². The molecule has 0 aliphatic rings. The number of benzene rings is 1. The van der Waals surface area contributed by atoms with Crippen molar-refractivity contribution in [2.24, 2.45) is 0 Å². The molecular weight excluding hydrogens is 257 g/mol. The van der Waals surface area contributed by atoms with E-state index in [1.54, 1.807) is 23.5 Å². The molecule has 0 spiro atoms. The van der Waals surface area contributed by atoms with Crippen LogP contribution < -0.4 is 5.32 Å². The summed E-state index contributed by atoms with van der Waals surface area (Å²) < 4.78 is 13.4. The number of hydrogen-bond donors (Lipinski definition) is 1. The quantitative estimate of drug-likeness (QED) is 0.813. The van der Waals surface area contributed by atoms with Crippen molar-refractivity contribution in [3.05, 3.63) is 57.0 Å². The van der Waals surface area contributed by atoms with Crippen LogP contribution in [-0.4, -0.2) is 6.54 Å². The molecule has 0 radical (unpaired) electrons. The lowest BCUT2D eigenvalue weighted by molar-refractivity contribution is 0.598. The number of thiophene rings is 1. The SMILES string of the molecule is Fc1cccc(Cl)c1CCNCc1cccs1. The van der Waals surface area contributed by atoms with Crippen molar-refractivity contribution in [1.29, 1.82) is 0 Å². The van der Waals surface area contributed by atoms with Crippen molar-refractivity contribution in [2.75, 3.05) is 6.54 Å². The fourth-order valence-corrected chi connectivity index (χ4v) is 2.54. The molecule has 1 nitrogen and oxygen atoms in total. The predicted octanol–water partition coefficient (Wildman–Crippen LogP) is 3.87. The second-order valence-corrected chi connectivity index (χ2v) is 5.15. The predicted molar refractivity (Wildman–Crippen MR) is 71.1 cm³/mol. The summed E-state index contributed by atoms with van der Waals surface area (Å²) in [7, 11) is 0. The molecule has 0 aliphatic heterocycles. The van der Waals surface area contributed by atoms with E-state index in [0.717, 1.165) is 13.1 Å². The lowest BCUT2D eigenvalue weighted by Gasteiger charge is -2.06. The third kappa shape index (κ3) is 3.53. The molecule has 0 bridgehead atoms. The molecule has 0 atom stereocenters. The normalized spacial score (nSPS) is 10.7. The molecule has 0 unspecified atom stereocenters. The van der Waals surface area contributed by atoms with Gasteiger partial charge in [0.05, 0.1) is 0 Å². The smallest absolute Gasteiger partial charge is 0.127 e. The zero-order chi connectivity index (χ0) is 12.1. The Morgan fingerprint density at radius 1 is 1.24 bits per heavy atom. The molecule has 0 saturated carbocycles. The van der Waals surface area contributed by atoms with Gasteiger partial charge in [-0.15, -0.1) is 11.3 Å². The second-order valence-electron chi connectivity index (χ2n) is 3.71. The Bertz CT molecular complexity index is 450. The van der Waals surface area contributed by atoms with Gasteiger partial charge in [-0.05, 0) is 36.5 Å². The molecule has 1 aromatic heterocycles. The van der Waals surface area contributed by atoms with Gasteiger partial charge >= 0.3 is 0 Å². The Morgan fingerprint density at radius 2 is 2.12 bits per heavy atom. The molecule has 90 valence electrons. The lowest BCUT2D eigenvalue weighted by atomic mass is 10.1. The summed E-state index contributed by atoms with van der Waals surface area (Å²) in [6.45, 7) is 1.54. The number of hydrogen-bond acceptors (Lipinski definition) is 2. The molecule has 0 aliphatic carbocycles. The minimum absolute atomic E-state index is 0.226. The molecule has 1 aromatic carbocycles. The third-order valence-corrected chi connectivity index (χ3v) is 3.72. The highest BCUT2D eigenvalue weighted by atomic mass is 35.5. The van der Waals surface area contributed by atoms with Crippen LogP contribution in [0.5, 0.6) is 0 Å². The van der Waals surface area contributed by atoms with Crippen LogP contribution >= 0.6 is 22.9 Å². The van der Waals surface area contributed by atoms with Crippen LogP contribution in [0.4, 0.5) is 4.39 Å². The van der Waals surface area contributed by atoms with Gasteiger partial charge in [-0.2, -0.15) is 0 Å². The van der Waals surface area contributed by atoms with Crippen LogP contribution in [-0.2, 0) is 13.0 Å². The van der Waals surface area contributed by atoms with E-state index in [4.69, 9.17) is 11.6 Å². The van der Waals surface area contributed by atoms with E-state index in [9.17, 15) is 4.39 Å². The zero-order valence-corrected chi connectivity index (χ0v) is 10.8. The first-order valence-corrected chi connectivity index (χ1v) is 6.69. The Labute approximate surface area is 109 Å². The molecule has 1 N–H and O–H groups in total. The summed E-state index contributed by atoms with van der Waals surface area (Å²) in [6, 6.07) is 8.89. The van der Waals surface area contributed by atoms with Gasteiger partial charge in [0.15, 0.2) is 0 Å². The summed E-state index contributed by atoms with van der Waals surface area (Å²) in [5, 5.41) is 5.82. The molecule has 17 heavy (non-hydrogen) atoms. The van der Waals surface area contributed by atoms with Crippen molar-refractivity contribution >= 4 is 22.9 Å². The van der Waals surface area contributed by atoms with Crippen LogP contribution in [0.3, 0.4) is 0 Å². The van der Waals surface area contributed by atoms with Crippen molar-refractivity contribution < 1.29 is 4.39 Å². The van der Waals surface area contributed by atoms with E-state index >= 15 is 0 Å². The maximum atomic E-state index is 13.4. The van der Waals surface area contributed by atoms with Gasteiger partial charge in [0.2, 0.25) is 0 Å². The van der Waals surface area contributed by atoms with Crippen LogP contribution in [0, 0.1) is 5.82 Å². The first kappa shape index (κ1) is 12.6. The molecule has 1 heterocycles. The van der Waals surface area contributed by atoms with Gasteiger partial charge in [0, 0.05) is 22.0 Å². The topological polar surface area (TPSA) is 12.0 Å². The molecule has 2 rings (SSSR count). The first-order valence-electron chi connectivity index (χ1n) is 5.43. The average molecular weight is 270 g/mol. The van der Waals surface area contributed by atoms with Crippen LogP contribution in [0.15, 0.2) is 35.7 Å². The third-order valence-electron chi connectivity index (χ3n) is 2.49. The van der Waals surface area contributed by atoms with E-state index in [2.05, 4.69) is 11.4 Å². The number of nitrogens with one attached hydrogen (secondary N) is 1. The van der Waals surface area contributed by atoms with Crippen molar-refractivity contribution in [2.45, 2.75) is 13.0 Å². The number of halogens is 2. The van der Waals surface area contributed by atoms with Crippen LogP contribution in [0.2, 0.25) is 5.02 Å². The second kappa shape index (κ2) is 6.15. The van der Waals surface area contributed by atoms with E-state index in [0.29, 0.717) is 17.0 Å². The molecule has 0 fully saturated rings. The Hall–Kier alpha value is -0.900. The number of rotatable bonds is 5.